The van der Waals surface area contributed by atoms with Crippen molar-refractivity contribution in [2.24, 2.45) is 7.05 Å². The molecule has 1 aromatic heterocycles. The van der Waals surface area contributed by atoms with Crippen LogP contribution in [0, 0.1) is 0 Å². The maximum atomic E-state index is 12.6. The van der Waals surface area contributed by atoms with Crippen LogP contribution in [-0.4, -0.2) is 20.8 Å². The van der Waals surface area contributed by atoms with Crippen LogP contribution in [0.1, 0.15) is 41.2 Å². The van der Waals surface area contributed by atoms with Crippen LogP contribution in [0.4, 0.5) is 5.69 Å². The first-order valence-corrected chi connectivity index (χ1v) is 8.15. The second-order valence-corrected chi connectivity index (χ2v) is 6.73. The van der Waals surface area contributed by atoms with Gasteiger partial charge in [-0.3, -0.25) is 9.48 Å². The van der Waals surface area contributed by atoms with Gasteiger partial charge in [0.1, 0.15) is 5.69 Å². The van der Waals surface area contributed by atoms with Gasteiger partial charge in [-0.05, 0) is 46.8 Å². The van der Waals surface area contributed by atoms with Crippen molar-refractivity contribution >= 4 is 39.1 Å². The van der Waals surface area contributed by atoms with E-state index in [1.807, 2.05) is 0 Å². The van der Waals surface area contributed by atoms with Crippen LogP contribution in [-0.2, 0) is 7.05 Å². The number of carbonyl (C=O) groups excluding carboxylic acids is 1. The minimum atomic E-state index is -0.300. The van der Waals surface area contributed by atoms with E-state index in [-0.39, 0.29) is 17.3 Å². The van der Waals surface area contributed by atoms with Gasteiger partial charge in [0.05, 0.1) is 16.4 Å². The molecule has 2 aromatic rings. The van der Waals surface area contributed by atoms with Gasteiger partial charge in [-0.2, -0.15) is 5.10 Å². The average Bonchev–Trinajstić information content (AvgIpc) is 2.75. The first-order chi connectivity index (χ1) is 10.5. The number of anilines is 1. The third-order valence-corrected chi connectivity index (χ3v) is 4.83. The molecule has 0 unspecified atom stereocenters. The van der Waals surface area contributed by atoms with E-state index >= 15 is 0 Å². The molecule has 116 valence electrons. The first kappa shape index (κ1) is 15.4. The number of hydrogen-bond donors (Lipinski definition) is 2. The molecule has 5 nitrogen and oxygen atoms in total. The fourth-order valence-corrected chi connectivity index (χ4v) is 3.40. The SMILES string of the molecule is Cn1ncc(C2CCC2)c1C(=O)Nc1cc(Cl)cc(Br)c1O. The van der Waals surface area contributed by atoms with E-state index < -0.39 is 0 Å². The number of phenols is 1. The molecular weight excluding hydrogens is 370 g/mol. The Morgan fingerprint density at radius 2 is 2.23 bits per heavy atom. The van der Waals surface area contributed by atoms with Gasteiger partial charge in [0.2, 0.25) is 0 Å². The summed E-state index contributed by atoms with van der Waals surface area (Å²) in [5.74, 6) is 0.0469. The fourth-order valence-electron chi connectivity index (χ4n) is 2.59. The molecule has 0 bridgehead atoms. The highest BCUT2D eigenvalue weighted by atomic mass is 79.9. The van der Waals surface area contributed by atoms with Crippen molar-refractivity contribution in [2.75, 3.05) is 5.32 Å². The van der Waals surface area contributed by atoms with Crippen LogP contribution >= 0.6 is 27.5 Å². The first-order valence-electron chi connectivity index (χ1n) is 6.98. The number of aromatic nitrogens is 2. The predicted molar refractivity (Wildman–Crippen MR) is 88.6 cm³/mol. The minimum Gasteiger partial charge on any atom is -0.505 e. The predicted octanol–water partition coefficient (Wildman–Crippen LogP) is 4.06. The van der Waals surface area contributed by atoms with E-state index in [9.17, 15) is 9.90 Å². The summed E-state index contributed by atoms with van der Waals surface area (Å²) in [5.41, 5.74) is 1.76. The Morgan fingerprint density at radius 1 is 1.50 bits per heavy atom. The van der Waals surface area contributed by atoms with Gasteiger partial charge < -0.3 is 10.4 Å². The van der Waals surface area contributed by atoms with Crippen molar-refractivity contribution in [1.82, 2.24) is 9.78 Å². The second kappa shape index (κ2) is 5.93. The highest BCUT2D eigenvalue weighted by molar-refractivity contribution is 9.10. The zero-order chi connectivity index (χ0) is 15.9. The quantitative estimate of drug-likeness (QED) is 0.784. The second-order valence-electron chi connectivity index (χ2n) is 5.44. The van der Waals surface area contributed by atoms with Gasteiger partial charge in [-0.1, -0.05) is 18.0 Å². The summed E-state index contributed by atoms with van der Waals surface area (Å²) in [6.07, 6.45) is 5.11. The zero-order valence-electron chi connectivity index (χ0n) is 11.9. The van der Waals surface area contributed by atoms with Crippen LogP contribution in [0.2, 0.25) is 5.02 Å². The largest absolute Gasteiger partial charge is 0.505 e. The molecule has 1 fully saturated rings. The smallest absolute Gasteiger partial charge is 0.274 e. The Kier molecular flexibility index (Phi) is 4.14. The lowest BCUT2D eigenvalue weighted by Crippen LogP contribution is -2.20. The number of aromatic hydroxyl groups is 1. The molecule has 2 N–H and O–H groups in total. The summed E-state index contributed by atoms with van der Waals surface area (Å²) < 4.78 is 2.00. The number of hydrogen-bond acceptors (Lipinski definition) is 3. The van der Waals surface area contributed by atoms with Gasteiger partial charge in [0.15, 0.2) is 5.75 Å². The van der Waals surface area contributed by atoms with E-state index in [0.29, 0.717) is 21.1 Å². The average molecular weight is 385 g/mol. The number of halogens is 2. The topological polar surface area (TPSA) is 67.2 Å². The molecule has 3 rings (SSSR count). The standard InChI is InChI=1S/C15H15BrClN3O2/c1-20-13(10(7-18-20)8-3-2-4-8)15(22)19-12-6-9(17)5-11(16)14(12)21/h5-8,21H,2-4H2,1H3,(H,19,22). The van der Waals surface area contributed by atoms with Gasteiger partial charge in [-0.15, -0.1) is 0 Å². The van der Waals surface area contributed by atoms with Crippen LogP contribution in [0.15, 0.2) is 22.8 Å². The third-order valence-electron chi connectivity index (χ3n) is 4.00. The summed E-state index contributed by atoms with van der Waals surface area (Å²) in [7, 11) is 1.74. The van der Waals surface area contributed by atoms with Crippen molar-refractivity contribution in [3.8, 4) is 5.75 Å². The molecule has 1 aromatic carbocycles. The molecule has 0 spiro atoms. The summed E-state index contributed by atoms with van der Waals surface area (Å²) in [6, 6.07) is 3.08. The van der Waals surface area contributed by atoms with E-state index in [1.165, 1.54) is 12.5 Å². The molecule has 1 saturated carbocycles. The van der Waals surface area contributed by atoms with E-state index in [2.05, 4.69) is 26.3 Å². The van der Waals surface area contributed by atoms with Crippen LogP contribution in [0.3, 0.4) is 0 Å². The number of nitrogens with zero attached hydrogens (tertiary/aromatic N) is 2. The van der Waals surface area contributed by atoms with Crippen LogP contribution in [0.5, 0.6) is 5.75 Å². The lowest BCUT2D eigenvalue weighted by Gasteiger charge is -2.25. The van der Waals surface area contributed by atoms with Crippen LogP contribution < -0.4 is 5.32 Å². The number of carbonyl (C=O) groups is 1. The molecule has 22 heavy (non-hydrogen) atoms. The van der Waals surface area contributed by atoms with Gasteiger partial charge in [0, 0.05) is 17.6 Å². The number of rotatable bonds is 3. The number of nitrogens with one attached hydrogen (secondary N) is 1. The minimum absolute atomic E-state index is 0.0508. The molecular formula is C15H15BrClN3O2. The summed E-state index contributed by atoms with van der Waals surface area (Å²) in [6.45, 7) is 0. The number of amides is 1. The normalized spacial score (nSPS) is 14.7. The molecule has 1 aliphatic rings. The third kappa shape index (κ3) is 2.73. The molecule has 7 heteroatoms. The summed E-state index contributed by atoms with van der Waals surface area (Å²) in [5, 5.41) is 17.4. The zero-order valence-corrected chi connectivity index (χ0v) is 14.3. The summed E-state index contributed by atoms with van der Waals surface area (Å²) >= 11 is 9.17. The Hall–Kier alpha value is -1.53. The Labute approximate surface area is 141 Å². The molecule has 1 aliphatic carbocycles. The summed E-state index contributed by atoms with van der Waals surface area (Å²) in [4.78, 5) is 12.6. The van der Waals surface area contributed by atoms with E-state index in [0.717, 1.165) is 18.4 Å². The Bertz CT molecular complexity index is 741. The Balaban J connectivity index is 1.91. The number of phenolic OH excluding ortho intramolecular Hbond substituents is 1. The maximum absolute atomic E-state index is 12.6. The monoisotopic (exact) mass is 383 g/mol. The Morgan fingerprint density at radius 3 is 2.86 bits per heavy atom. The number of aryl methyl sites for hydroxylation is 1. The van der Waals surface area contributed by atoms with Crippen molar-refractivity contribution in [1.29, 1.82) is 0 Å². The maximum Gasteiger partial charge on any atom is 0.274 e. The molecule has 0 atom stereocenters. The van der Waals surface area contributed by atoms with Crippen molar-refractivity contribution in [3.05, 3.63) is 39.1 Å². The van der Waals surface area contributed by atoms with Crippen LogP contribution in [0.25, 0.3) is 0 Å². The van der Waals surface area contributed by atoms with Crippen molar-refractivity contribution in [2.45, 2.75) is 25.2 Å². The van der Waals surface area contributed by atoms with Gasteiger partial charge in [0.25, 0.3) is 5.91 Å². The van der Waals surface area contributed by atoms with Crippen molar-refractivity contribution < 1.29 is 9.90 Å². The molecule has 0 radical (unpaired) electrons. The highest BCUT2D eigenvalue weighted by Crippen LogP contribution is 2.39. The van der Waals surface area contributed by atoms with Gasteiger partial charge >= 0.3 is 0 Å². The lowest BCUT2D eigenvalue weighted by molar-refractivity contribution is 0.101. The highest BCUT2D eigenvalue weighted by Gasteiger charge is 2.28. The van der Waals surface area contributed by atoms with Crippen molar-refractivity contribution in [3.63, 3.8) is 0 Å². The number of benzene rings is 1. The van der Waals surface area contributed by atoms with E-state index in [4.69, 9.17) is 11.6 Å². The molecule has 1 amide bonds. The fraction of sp³-hybridized carbons (Fsp3) is 0.333. The van der Waals surface area contributed by atoms with E-state index in [1.54, 1.807) is 24.0 Å². The molecule has 0 saturated heterocycles. The molecule has 0 aliphatic heterocycles. The lowest BCUT2D eigenvalue weighted by atomic mass is 9.80. The van der Waals surface area contributed by atoms with Gasteiger partial charge in [-0.25, -0.2) is 0 Å². The molecule has 1 heterocycles.